The molecule has 1 aromatic heterocycles. The van der Waals surface area contributed by atoms with Crippen LogP contribution in [0, 0.1) is 0 Å². The van der Waals surface area contributed by atoms with Crippen molar-refractivity contribution in [1.82, 2.24) is 15.4 Å². The summed E-state index contributed by atoms with van der Waals surface area (Å²) in [5.74, 6) is 0.682. The molecule has 1 atom stereocenters. The molecule has 0 fully saturated rings. The number of carbonyl (C=O) groups is 2. The van der Waals surface area contributed by atoms with Crippen molar-refractivity contribution in [3.63, 3.8) is 0 Å². The number of anilines is 1. The summed E-state index contributed by atoms with van der Waals surface area (Å²) < 4.78 is 10.4. The highest BCUT2D eigenvalue weighted by atomic mass is 35.5. The minimum Gasteiger partial charge on any atom is -0.436 e. The number of ether oxygens (including phenoxy) is 1. The molecule has 9 nitrogen and oxygen atoms in total. The summed E-state index contributed by atoms with van der Waals surface area (Å²) in [5, 5.41) is 10.3. The molecule has 186 valence electrons. The second-order valence-corrected chi connectivity index (χ2v) is 8.63. The van der Waals surface area contributed by atoms with E-state index in [-0.39, 0.29) is 24.9 Å². The van der Waals surface area contributed by atoms with Crippen LogP contribution in [-0.4, -0.2) is 40.4 Å². The van der Waals surface area contributed by atoms with Crippen molar-refractivity contribution in [2.75, 3.05) is 11.9 Å². The first-order valence-corrected chi connectivity index (χ1v) is 11.8. The van der Waals surface area contributed by atoms with Crippen molar-refractivity contribution >= 4 is 35.1 Å². The van der Waals surface area contributed by atoms with E-state index in [1.54, 1.807) is 66.7 Å². The Bertz CT molecular complexity index is 1390. The average molecular weight is 516 g/mol. The van der Waals surface area contributed by atoms with Gasteiger partial charge in [-0.15, -0.1) is 0 Å². The molecule has 0 aliphatic carbocycles. The van der Waals surface area contributed by atoms with Crippen LogP contribution in [0.15, 0.2) is 101 Å². The molecule has 0 saturated carbocycles. The van der Waals surface area contributed by atoms with Gasteiger partial charge in [-0.2, -0.15) is 0 Å². The van der Waals surface area contributed by atoms with Gasteiger partial charge >= 0.3 is 0 Å². The van der Waals surface area contributed by atoms with Crippen molar-refractivity contribution in [2.24, 2.45) is 4.99 Å². The monoisotopic (exact) mass is 515 g/mol. The SMILES string of the molecule is O=C(NC1CN=C(Nc2ccc(Oc3ccon3)cc2)N(Cc2ccc(Cl)cc2)C1=O)c1ccccc1. The summed E-state index contributed by atoms with van der Waals surface area (Å²) in [6.07, 6.45) is 1.42. The molecule has 0 saturated heterocycles. The predicted molar refractivity (Wildman–Crippen MR) is 139 cm³/mol. The predicted octanol–water partition coefficient (Wildman–Crippen LogP) is 4.73. The van der Waals surface area contributed by atoms with Crippen molar-refractivity contribution < 1.29 is 18.8 Å². The van der Waals surface area contributed by atoms with E-state index in [9.17, 15) is 9.59 Å². The minimum absolute atomic E-state index is 0.101. The van der Waals surface area contributed by atoms with Gasteiger partial charge in [0.25, 0.3) is 17.7 Å². The van der Waals surface area contributed by atoms with Crippen molar-refractivity contribution in [3.05, 3.63) is 107 Å². The van der Waals surface area contributed by atoms with Crippen LogP contribution in [0.1, 0.15) is 15.9 Å². The standard InChI is InChI=1S/C27H22ClN5O4/c28-20-8-6-18(7-9-20)17-33-26(35)23(31-25(34)19-4-2-1-3-5-19)16-29-27(33)30-21-10-12-22(13-11-21)37-24-14-15-36-32-24/h1-15,23H,16-17H2,(H,29,30)(H,31,34). The smallest absolute Gasteiger partial charge is 0.259 e. The maximum absolute atomic E-state index is 13.5. The zero-order chi connectivity index (χ0) is 25.6. The molecule has 5 rings (SSSR count). The number of halogens is 1. The lowest BCUT2D eigenvalue weighted by Gasteiger charge is -2.32. The number of carbonyl (C=O) groups excluding carboxylic acids is 2. The summed E-state index contributed by atoms with van der Waals surface area (Å²) in [7, 11) is 0. The highest BCUT2D eigenvalue weighted by Gasteiger charge is 2.33. The number of aromatic nitrogens is 1. The Kier molecular flexibility index (Phi) is 7.14. The molecule has 3 aromatic carbocycles. The van der Waals surface area contributed by atoms with Gasteiger partial charge in [0.1, 0.15) is 18.1 Å². The van der Waals surface area contributed by atoms with Gasteiger partial charge in [0.15, 0.2) is 0 Å². The van der Waals surface area contributed by atoms with Crippen LogP contribution in [0.2, 0.25) is 5.02 Å². The fraction of sp³-hybridized carbons (Fsp3) is 0.111. The minimum atomic E-state index is -0.802. The van der Waals surface area contributed by atoms with Gasteiger partial charge in [-0.05, 0) is 59.3 Å². The summed E-state index contributed by atoms with van der Waals surface area (Å²) in [6.45, 7) is 0.344. The fourth-order valence-electron chi connectivity index (χ4n) is 3.71. The Hall–Kier alpha value is -4.63. The van der Waals surface area contributed by atoms with Crippen LogP contribution in [0.25, 0.3) is 0 Å². The first kappa shape index (κ1) is 24.1. The molecular weight excluding hydrogens is 494 g/mol. The maximum Gasteiger partial charge on any atom is 0.259 e. The molecule has 10 heteroatoms. The van der Waals surface area contributed by atoms with E-state index >= 15 is 0 Å². The lowest BCUT2D eigenvalue weighted by Crippen LogP contribution is -2.56. The van der Waals surface area contributed by atoms with Crippen molar-refractivity contribution in [2.45, 2.75) is 12.6 Å². The number of nitrogens with zero attached hydrogens (tertiary/aromatic N) is 3. The Balaban J connectivity index is 1.34. The van der Waals surface area contributed by atoms with Gasteiger partial charge in [-0.1, -0.05) is 41.9 Å². The largest absolute Gasteiger partial charge is 0.436 e. The van der Waals surface area contributed by atoms with E-state index in [4.69, 9.17) is 20.9 Å². The number of nitrogens with one attached hydrogen (secondary N) is 2. The Morgan fingerprint density at radius 1 is 1.03 bits per heavy atom. The topological polar surface area (TPSA) is 109 Å². The number of amides is 2. The number of rotatable bonds is 7. The molecule has 0 radical (unpaired) electrons. The van der Waals surface area contributed by atoms with Crippen LogP contribution in [0.5, 0.6) is 11.6 Å². The molecule has 0 bridgehead atoms. The van der Waals surface area contributed by atoms with Crippen molar-refractivity contribution in [3.8, 4) is 11.6 Å². The summed E-state index contributed by atoms with van der Waals surface area (Å²) in [6, 6.07) is 23.9. The third kappa shape index (κ3) is 5.96. The Morgan fingerprint density at radius 2 is 1.78 bits per heavy atom. The van der Waals surface area contributed by atoms with Crippen LogP contribution in [0.3, 0.4) is 0 Å². The molecular formula is C27H22ClN5O4. The van der Waals surface area contributed by atoms with E-state index in [0.717, 1.165) is 5.56 Å². The molecule has 0 spiro atoms. The molecule has 2 N–H and O–H groups in total. The summed E-state index contributed by atoms with van der Waals surface area (Å²) >= 11 is 6.03. The molecule has 2 amide bonds. The van der Waals surface area contributed by atoms with Crippen LogP contribution in [-0.2, 0) is 11.3 Å². The van der Waals surface area contributed by atoms with Gasteiger partial charge in [0.05, 0.1) is 13.1 Å². The van der Waals surface area contributed by atoms with Crippen LogP contribution >= 0.6 is 11.6 Å². The van der Waals surface area contributed by atoms with Gasteiger partial charge in [0, 0.05) is 22.3 Å². The van der Waals surface area contributed by atoms with Crippen molar-refractivity contribution in [1.29, 1.82) is 0 Å². The lowest BCUT2D eigenvalue weighted by atomic mass is 10.1. The number of benzene rings is 3. The average Bonchev–Trinajstić information content (AvgIpc) is 3.43. The normalized spacial score (nSPS) is 15.2. The first-order chi connectivity index (χ1) is 18.0. The summed E-state index contributed by atoms with van der Waals surface area (Å²) in [5.41, 5.74) is 2.03. The number of hydrogen-bond donors (Lipinski definition) is 2. The lowest BCUT2D eigenvalue weighted by molar-refractivity contribution is -0.130. The quantitative estimate of drug-likeness (QED) is 0.368. The maximum atomic E-state index is 13.5. The van der Waals surface area contributed by atoms with E-state index < -0.39 is 6.04 Å². The molecule has 37 heavy (non-hydrogen) atoms. The summed E-state index contributed by atoms with van der Waals surface area (Å²) in [4.78, 5) is 32.3. The molecule has 1 unspecified atom stereocenters. The number of hydrogen-bond acceptors (Lipinski definition) is 7. The second-order valence-electron chi connectivity index (χ2n) is 8.20. The van der Waals surface area contributed by atoms with Gasteiger partial charge in [-0.3, -0.25) is 14.5 Å². The van der Waals surface area contributed by atoms with E-state index in [2.05, 4.69) is 20.8 Å². The fourth-order valence-corrected chi connectivity index (χ4v) is 3.84. The van der Waals surface area contributed by atoms with Gasteiger partial charge in [-0.25, -0.2) is 4.99 Å². The Morgan fingerprint density at radius 3 is 2.49 bits per heavy atom. The number of guanidine groups is 1. The van der Waals surface area contributed by atoms with Gasteiger partial charge < -0.3 is 19.9 Å². The second kappa shape index (κ2) is 11.0. The Labute approximate surface area is 217 Å². The van der Waals surface area contributed by atoms with E-state index in [0.29, 0.717) is 33.9 Å². The molecule has 4 aromatic rings. The molecule has 2 heterocycles. The van der Waals surface area contributed by atoms with Crippen LogP contribution in [0.4, 0.5) is 5.69 Å². The van der Waals surface area contributed by atoms with Crippen LogP contribution < -0.4 is 15.4 Å². The highest BCUT2D eigenvalue weighted by molar-refractivity contribution is 6.30. The molecule has 1 aliphatic rings. The van der Waals surface area contributed by atoms with Gasteiger partial charge in [0.2, 0.25) is 5.96 Å². The number of aliphatic imine (C=N–C) groups is 1. The van der Waals surface area contributed by atoms with E-state index in [1.165, 1.54) is 11.2 Å². The first-order valence-electron chi connectivity index (χ1n) is 11.5. The third-order valence-electron chi connectivity index (χ3n) is 5.59. The third-order valence-corrected chi connectivity index (χ3v) is 5.84. The zero-order valence-corrected chi connectivity index (χ0v) is 20.3. The molecule has 1 aliphatic heterocycles. The highest BCUT2D eigenvalue weighted by Crippen LogP contribution is 2.23. The zero-order valence-electron chi connectivity index (χ0n) is 19.5. The van der Waals surface area contributed by atoms with E-state index in [1.807, 2.05) is 18.2 Å².